The Morgan fingerprint density at radius 1 is 1.03 bits per heavy atom. The first-order valence-corrected chi connectivity index (χ1v) is 13.7. The molecule has 7 nitrogen and oxygen atoms in total. The fourth-order valence-corrected chi connectivity index (χ4v) is 5.24. The molecule has 7 heteroatoms. The third-order valence-corrected chi connectivity index (χ3v) is 7.68. The number of unbranched alkanes of at least 4 members (excludes halogenated alkanes) is 1. The van der Waals surface area contributed by atoms with E-state index in [0.717, 1.165) is 86.0 Å². The Morgan fingerprint density at radius 2 is 1.76 bits per heavy atom. The van der Waals surface area contributed by atoms with E-state index in [4.69, 9.17) is 10.5 Å². The summed E-state index contributed by atoms with van der Waals surface area (Å²) in [5, 5.41) is 2.89. The molecule has 0 aliphatic heterocycles. The second-order valence-corrected chi connectivity index (χ2v) is 10.6. The lowest BCUT2D eigenvalue weighted by molar-refractivity contribution is -0.136. The average molecular weight is 507 g/mol. The van der Waals surface area contributed by atoms with Gasteiger partial charge in [0.25, 0.3) is 0 Å². The first kappa shape index (κ1) is 27.0. The fourth-order valence-electron chi connectivity index (χ4n) is 5.24. The molecule has 2 saturated carbocycles. The van der Waals surface area contributed by atoms with Crippen LogP contribution in [0.1, 0.15) is 63.9 Å². The molecule has 0 radical (unpaired) electrons. The normalized spacial score (nSPS) is 19.2. The van der Waals surface area contributed by atoms with E-state index in [1.54, 1.807) is 0 Å². The molecule has 2 fully saturated rings. The van der Waals surface area contributed by atoms with Crippen LogP contribution < -0.4 is 16.0 Å². The summed E-state index contributed by atoms with van der Waals surface area (Å²) in [4.78, 5) is 29.6. The lowest BCUT2D eigenvalue weighted by atomic mass is 9.90. The minimum atomic E-state index is -0.488. The first-order chi connectivity index (χ1) is 17.9. The number of nitrogens with zero attached hydrogens (tertiary/aromatic N) is 2. The highest BCUT2D eigenvalue weighted by molar-refractivity contribution is 5.91. The summed E-state index contributed by atoms with van der Waals surface area (Å²) in [6, 6.07) is 15.1. The number of nitrogens with one attached hydrogen (secondary N) is 1. The minimum Gasteiger partial charge on any atom is -0.453 e. The van der Waals surface area contributed by atoms with Gasteiger partial charge in [0.05, 0.1) is 18.5 Å². The molecule has 0 atom stereocenters. The molecule has 2 aliphatic carbocycles. The number of amides is 2. The van der Waals surface area contributed by atoms with Gasteiger partial charge in [0.2, 0.25) is 5.91 Å². The third kappa shape index (κ3) is 7.04. The quantitative estimate of drug-likeness (QED) is 0.427. The second kappa shape index (κ2) is 12.5. The number of carbonyl (C=O) groups is 2. The van der Waals surface area contributed by atoms with Gasteiger partial charge in [-0.15, -0.1) is 0 Å². The molecule has 0 spiro atoms. The predicted molar refractivity (Wildman–Crippen MR) is 150 cm³/mol. The van der Waals surface area contributed by atoms with Gasteiger partial charge in [0.1, 0.15) is 0 Å². The molecule has 0 unspecified atom stereocenters. The summed E-state index contributed by atoms with van der Waals surface area (Å²) in [6.07, 6.45) is 7.63. The van der Waals surface area contributed by atoms with Crippen LogP contribution in [0.25, 0.3) is 11.1 Å². The molecule has 37 heavy (non-hydrogen) atoms. The van der Waals surface area contributed by atoms with Gasteiger partial charge in [0.15, 0.2) is 0 Å². The monoisotopic (exact) mass is 506 g/mol. The van der Waals surface area contributed by atoms with Gasteiger partial charge in [0, 0.05) is 38.1 Å². The highest BCUT2D eigenvalue weighted by atomic mass is 16.5. The standard InChI is InChI=1S/C30H42N4O3/c1-4-5-17-33(2)28-16-11-24(19-27(28)32-30(36)37-3)23-8-6-7-21(18-23)20-34(29(35)22-9-10-22)26-14-12-25(31)13-15-26/h6-8,11,16,18-19,22,25-26H,4-5,9-10,12-15,17,20,31H2,1-3H3,(H,32,36). The smallest absolute Gasteiger partial charge is 0.411 e. The Hall–Kier alpha value is -3.06. The van der Waals surface area contributed by atoms with E-state index in [1.807, 2.05) is 13.1 Å². The van der Waals surface area contributed by atoms with Crippen molar-refractivity contribution in [3.8, 4) is 11.1 Å². The predicted octanol–water partition coefficient (Wildman–Crippen LogP) is 5.78. The van der Waals surface area contributed by atoms with Crippen molar-refractivity contribution < 1.29 is 14.3 Å². The van der Waals surface area contributed by atoms with Gasteiger partial charge in [-0.3, -0.25) is 10.1 Å². The summed E-state index contributed by atoms with van der Waals surface area (Å²) in [5.74, 6) is 0.498. The number of hydrogen-bond donors (Lipinski definition) is 2. The van der Waals surface area contributed by atoms with Crippen molar-refractivity contribution in [2.45, 2.75) is 76.9 Å². The van der Waals surface area contributed by atoms with Crippen molar-refractivity contribution in [3.63, 3.8) is 0 Å². The molecule has 2 amide bonds. The van der Waals surface area contributed by atoms with E-state index in [0.29, 0.717) is 12.5 Å². The summed E-state index contributed by atoms with van der Waals surface area (Å²) in [5.41, 5.74) is 11.0. The number of benzene rings is 2. The fraction of sp³-hybridized carbons (Fsp3) is 0.533. The maximum atomic E-state index is 13.2. The van der Waals surface area contributed by atoms with Crippen molar-refractivity contribution in [2.24, 2.45) is 11.7 Å². The summed E-state index contributed by atoms with van der Waals surface area (Å²) < 4.78 is 4.88. The van der Waals surface area contributed by atoms with Crippen LogP contribution >= 0.6 is 0 Å². The largest absolute Gasteiger partial charge is 0.453 e. The van der Waals surface area contributed by atoms with Gasteiger partial charge in [-0.05, 0) is 79.8 Å². The van der Waals surface area contributed by atoms with E-state index < -0.39 is 6.09 Å². The van der Waals surface area contributed by atoms with Crippen LogP contribution in [0.5, 0.6) is 0 Å². The van der Waals surface area contributed by atoms with Crippen molar-refractivity contribution in [1.82, 2.24) is 4.90 Å². The van der Waals surface area contributed by atoms with Gasteiger partial charge >= 0.3 is 6.09 Å². The summed E-state index contributed by atoms with van der Waals surface area (Å²) >= 11 is 0. The lowest BCUT2D eigenvalue weighted by Crippen LogP contribution is -2.44. The van der Waals surface area contributed by atoms with Crippen LogP contribution in [-0.2, 0) is 16.1 Å². The summed E-state index contributed by atoms with van der Waals surface area (Å²) in [6.45, 7) is 3.69. The molecule has 3 N–H and O–H groups in total. The van der Waals surface area contributed by atoms with E-state index in [9.17, 15) is 9.59 Å². The number of anilines is 2. The Bertz CT molecular complexity index is 1080. The average Bonchev–Trinajstić information content (AvgIpc) is 3.76. The third-order valence-electron chi connectivity index (χ3n) is 7.68. The SMILES string of the molecule is CCCCN(C)c1ccc(-c2cccc(CN(C(=O)C3CC3)C3CCC(N)CC3)c2)cc1NC(=O)OC. The highest BCUT2D eigenvalue weighted by Gasteiger charge is 2.37. The van der Waals surface area contributed by atoms with Crippen LogP contribution in [0.4, 0.5) is 16.2 Å². The number of hydrogen-bond acceptors (Lipinski definition) is 5. The van der Waals surface area contributed by atoms with E-state index in [2.05, 4.69) is 58.4 Å². The number of carbonyl (C=O) groups excluding carboxylic acids is 2. The van der Waals surface area contributed by atoms with Gasteiger partial charge in [-0.25, -0.2) is 4.79 Å². The molecule has 4 rings (SSSR count). The van der Waals surface area contributed by atoms with Gasteiger partial charge < -0.3 is 20.3 Å². The first-order valence-electron chi connectivity index (χ1n) is 13.7. The number of rotatable bonds is 10. The molecular weight excluding hydrogens is 464 g/mol. The molecular formula is C30H42N4O3. The van der Waals surface area contributed by atoms with Crippen molar-refractivity contribution >= 4 is 23.4 Å². The molecule has 0 bridgehead atoms. The lowest BCUT2D eigenvalue weighted by Gasteiger charge is -2.36. The minimum absolute atomic E-state index is 0.197. The zero-order valence-electron chi connectivity index (χ0n) is 22.5. The molecule has 0 saturated heterocycles. The molecule has 0 aromatic heterocycles. The maximum Gasteiger partial charge on any atom is 0.411 e. The van der Waals surface area contributed by atoms with Crippen LogP contribution in [-0.4, -0.2) is 49.7 Å². The highest BCUT2D eigenvalue weighted by Crippen LogP contribution is 2.36. The molecule has 2 aromatic carbocycles. The molecule has 2 aliphatic rings. The van der Waals surface area contributed by atoms with Crippen molar-refractivity contribution in [3.05, 3.63) is 48.0 Å². The van der Waals surface area contributed by atoms with E-state index in [-0.39, 0.29) is 18.0 Å². The number of methoxy groups -OCH3 is 1. The topological polar surface area (TPSA) is 87.9 Å². The molecule has 0 heterocycles. The van der Waals surface area contributed by atoms with Gasteiger partial charge in [-0.1, -0.05) is 37.6 Å². The van der Waals surface area contributed by atoms with Crippen molar-refractivity contribution in [2.75, 3.05) is 30.9 Å². The Kier molecular flexibility index (Phi) is 9.09. The second-order valence-electron chi connectivity index (χ2n) is 10.6. The van der Waals surface area contributed by atoms with Crippen molar-refractivity contribution in [1.29, 1.82) is 0 Å². The Labute approximate surface area is 221 Å². The molecule has 200 valence electrons. The number of ether oxygens (including phenoxy) is 1. The maximum absolute atomic E-state index is 13.2. The van der Waals surface area contributed by atoms with Crippen LogP contribution in [0.3, 0.4) is 0 Å². The molecule has 2 aromatic rings. The van der Waals surface area contributed by atoms with E-state index >= 15 is 0 Å². The van der Waals surface area contributed by atoms with Crippen LogP contribution in [0.15, 0.2) is 42.5 Å². The Balaban J connectivity index is 1.58. The number of nitrogens with two attached hydrogens (primary N) is 1. The van der Waals surface area contributed by atoms with Crippen LogP contribution in [0, 0.1) is 5.92 Å². The Morgan fingerprint density at radius 3 is 2.43 bits per heavy atom. The van der Waals surface area contributed by atoms with Crippen LogP contribution in [0.2, 0.25) is 0 Å². The summed E-state index contributed by atoms with van der Waals surface area (Å²) in [7, 11) is 3.41. The van der Waals surface area contributed by atoms with E-state index in [1.165, 1.54) is 7.11 Å². The zero-order chi connectivity index (χ0) is 26.4. The van der Waals surface area contributed by atoms with Gasteiger partial charge in [-0.2, -0.15) is 0 Å². The zero-order valence-corrected chi connectivity index (χ0v) is 22.5.